The van der Waals surface area contributed by atoms with Gasteiger partial charge in [-0.05, 0) is 32.6 Å². The summed E-state index contributed by atoms with van der Waals surface area (Å²) in [5, 5.41) is 6.50. The molecule has 1 amide bonds. The third-order valence-electron chi connectivity index (χ3n) is 5.74. The zero-order chi connectivity index (χ0) is 19.8. The highest BCUT2D eigenvalue weighted by Crippen LogP contribution is 2.22. The van der Waals surface area contributed by atoms with Crippen LogP contribution in [0.15, 0.2) is 24.6 Å². The Labute approximate surface area is 168 Å². The van der Waals surface area contributed by atoms with E-state index in [2.05, 4.69) is 49.0 Å². The molecule has 0 fully saturated rings. The molecule has 1 rings (SSSR count). The van der Waals surface area contributed by atoms with Crippen molar-refractivity contribution in [1.29, 1.82) is 0 Å². The Bertz CT molecular complexity index is 447. The molecule has 0 saturated heterocycles. The van der Waals surface area contributed by atoms with Gasteiger partial charge < -0.3 is 10.6 Å². The van der Waals surface area contributed by atoms with Gasteiger partial charge in [-0.1, -0.05) is 57.6 Å². The molecule has 0 saturated carbocycles. The van der Waals surface area contributed by atoms with Gasteiger partial charge in [0.25, 0.3) is 0 Å². The molecule has 1 heterocycles. The van der Waals surface area contributed by atoms with Gasteiger partial charge in [-0.15, -0.1) is 0 Å². The first-order valence-electron chi connectivity index (χ1n) is 11.3. The van der Waals surface area contributed by atoms with Crippen molar-refractivity contribution in [2.75, 3.05) is 19.6 Å². The van der Waals surface area contributed by atoms with Gasteiger partial charge in [0, 0.05) is 13.3 Å². The van der Waals surface area contributed by atoms with Crippen molar-refractivity contribution in [1.82, 2.24) is 10.6 Å². The maximum atomic E-state index is 11.1. The maximum absolute atomic E-state index is 11.1. The molecule has 156 valence electrons. The van der Waals surface area contributed by atoms with Crippen molar-refractivity contribution in [2.45, 2.75) is 97.6 Å². The molecule has 0 aromatic carbocycles. The molecule has 0 spiro atoms. The third-order valence-corrected chi connectivity index (χ3v) is 5.74. The number of amides is 1. The highest BCUT2D eigenvalue weighted by atomic mass is 16.1. The number of rotatable bonds is 16. The molecule has 27 heavy (non-hydrogen) atoms. The molecule has 2 N–H and O–H groups in total. The first kappa shape index (κ1) is 23.7. The van der Waals surface area contributed by atoms with Crippen LogP contribution in [0.3, 0.4) is 0 Å². The standard InChI is InChI=1S/C23H43N3O/c1-4-6-7-8-9-10-11-12-13-14-15-16-17-23-25-19-21-26(23,5-2)20-18-24-22(3)27/h7-8,19,21,23,25H,4-6,9-18,20H2,1-3H3/p+1/b8-7+. The largest absolute Gasteiger partial charge is 0.351 e. The van der Waals surface area contributed by atoms with E-state index in [0.29, 0.717) is 6.17 Å². The Morgan fingerprint density at radius 3 is 2.37 bits per heavy atom. The summed E-state index contributed by atoms with van der Waals surface area (Å²) in [5.41, 5.74) is 0. The SMILES string of the molecule is CCC/C=C/CCCCCCCCCC1NC=C[N+]1(CC)CCNC(C)=O. The van der Waals surface area contributed by atoms with E-state index in [1.165, 1.54) is 70.6 Å². The van der Waals surface area contributed by atoms with E-state index < -0.39 is 0 Å². The van der Waals surface area contributed by atoms with E-state index >= 15 is 0 Å². The van der Waals surface area contributed by atoms with Crippen LogP contribution in [0, 0.1) is 0 Å². The van der Waals surface area contributed by atoms with Gasteiger partial charge >= 0.3 is 0 Å². The van der Waals surface area contributed by atoms with Crippen LogP contribution in [-0.4, -0.2) is 36.2 Å². The Morgan fingerprint density at radius 2 is 1.70 bits per heavy atom. The highest BCUT2D eigenvalue weighted by Gasteiger charge is 2.36. The van der Waals surface area contributed by atoms with Crippen LogP contribution in [-0.2, 0) is 4.79 Å². The van der Waals surface area contributed by atoms with Crippen molar-refractivity contribution in [3.63, 3.8) is 0 Å². The molecule has 2 atom stereocenters. The van der Waals surface area contributed by atoms with Crippen LogP contribution in [0.5, 0.6) is 0 Å². The molecule has 4 heteroatoms. The smallest absolute Gasteiger partial charge is 0.217 e. The Morgan fingerprint density at radius 1 is 1.04 bits per heavy atom. The Kier molecular flexibility index (Phi) is 13.0. The summed E-state index contributed by atoms with van der Waals surface area (Å²) in [6.07, 6.45) is 24.0. The Hall–Kier alpha value is -1.29. The molecule has 1 aliphatic heterocycles. The molecule has 0 bridgehead atoms. The van der Waals surface area contributed by atoms with E-state index in [1.807, 2.05) is 0 Å². The van der Waals surface area contributed by atoms with Crippen LogP contribution < -0.4 is 10.6 Å². The van der Waals surface area contributed by atoms with Crippen LogP contribution in [0.25, 0.3) is 0 Å². The van der Waals surface area contributed by atoms with Gasteiger partial charge in [-0.25, -0.2) is 0 Å². The molecule has 0 aliphatic carbocycles. The van der Waals surface area contributed by atoms with E-state index in [9.17, 15) is 4.79 Å². The average Bonchev–Trinajstić information content (AvgIpc) is 3.05. The fourth-order valence-electron chi connectivity index (χ4n) is 3.94. The van der Waals surface area contributed by atoms with E-state index in [4.69, 9.17) is 0 Å². The second-order valence-electron chi connectivity index (χ2n) is 7.94. The fourth-order valence-corrected chi connectivity index (χ4v) is 3.94. The van der Waals surface area contributed by atoms with E-state index in [-0.39, 0.29) is 5.91 Å². The van der Waals surface area contributed by atoms with Gasteiger partial charge in [0.1, 0.15) is 12.7 Å². The van der Waals surface area contributed by atoms with Gasteiger partial charge in [0.15, 0.2) is 6.17 Å². The van der Waals surface area contributed by atoms with Gasteiger partial charge in [-0.2, -0.15) is 0 Å². The predicted molar refractivity (Wildman–Crippen MR) is 116 cm³/mol. The maximum Gasteiger partial charge on any atom is 0.217 e. The molecular weight excluding hydrogens is 334 g/mol. The normalized spacial score (nSPS) is 21.7. The molecule has 0 aromatic heterocycles. The minimum absolute atomic E-state index is 0.0638. The fraction of sp³-hybridized carbons (Fsp3) is 0.783. The number of carbonyl (C=O) groups is 1. The van der Waals surface area contributed by atoms with Crippen LogP contribution in [0.1, 0.15) is 91.4 Å². The average molecular weight is 379 g/mol. The number of hydrogen-bond acceptors (Lipinski definition) is 2. The lowest BCUT2D eigenvalue weighted by molar-refractivity contribution is -0.898. The summed E-state index contributed by atoms with van der Waals surface area (Å²) in [6, 6.07) is 0. The summed E-state index contributed by atoms with van der Waals surface area (Å²) in [5.74, 6) is 0.0638. The molecular formula is C23H44N3O+. The van der Waals surface area contributed by atoms with Crippen LogP contribution in [0.4, 0.5) is 0 Å². The quantitative estimate of drug-likeness (QED) is 0.219. The lowest BCUT2D eigenvalue weighted by atomic mass is 10.1. The van der Waals surface area contributed by atoms with Crippen molar-refractivity contribution in [3.05, 3.63) is 24.6 Å². The predicted octanol–water partition coefficient (Wildman–Crippen LogP) is 5.23. The monoisotopic (exact) mass is 378 g/mol. The number of nitrogens with zero attached hydrogens (tertiary/aromatic N) is 1. The van der Waals surface area contributed by atoms with Crippen molar-refractivity contribution in [2.24, 2.45) is 0 Å². The van der Waals surface area contributed by atoms with Crippen molar-refractivity contribution in [3.8, 4) is 0 Å². The molecule has 4 nitrogen and oxygen atoms in total. The van der Waals surface area contributed by atoms with Crippen LogP contribution in [0.2, 0.25) is 0 Å². The third kappa shape index (κ3) is 9.99. The topological polar surface area (TPSA) is 41.1 Å². The van der Waals surface area contributed by atoms with Crippen molar-refractivity contribution < 1.29 is 9.28 Å². The lowest BCUT2D eigenvalue weighted by Crippen LogP contribution is -2.55. The Balaban J connectivity index is 2.08. The van der Waals surface area contributed by atoms with Gasteiger partial charge in [-0.3, -0.25) is 9.28 Å². The second kappa shape index (κ2) is 14.7. The number of carbonyl (C=O) groups excluding carboxylic acids is 1. The second-order valence-corrected chi connectivity index (χ2v) is 7.94. The van der Waals surface area contributed by atoms with Crippen LogP contribution >= 0.6 is 0 Å². The highest BCUT2D eigenvalue weighted by molar-refractivity contribution is 5.72. The number of nitrogens with one attached hydrogen (secondary N) is 2. The summed E-state index contributed by atoms with van der Waals surface area (Å²) in [7, 11) is 0. The number of likely N-dealkylation sites (N-methyl/N-ethyl adjacent to an activating group) is 1. The minimum atomic E-state index is 0.0638. The molecule has 0 aromatic rings. The first-order valence-corrected chi connectivity index (χ1v) is 11.3. The summed E-state index contributed by atoms with van der Waals surface area (Å²) < 4.78 is 0.950. The molecule has 1 aliphatic rings. The van der Waals surface area contributed by atoms with E-state index in [1.54, 1.807) is 6.92 Å². The van der Waals surface area contributed by atoms with Gasteiger partial charge in [0.2, 0.25) is 5.91 Å². The zero-order valence-electron chi connectivity index (χ0n) is 18.1. The number of quaternary nitrogens is 1. The zero-order valence-corrected chi connectivity index (χ0v) is 18.1. The first-order chi connectivity index (χ1) is 13.1. The van der Waals surface area contributed by atoms with Crippen molar-refractivity contribution >= 4 is 5.91 Å². The lowest BCUT2D eigenvalue weighted by Gasteiger charge is -2.37. The number of hydrogen-bond donors (Lipinski definition) is 2. The minimum Gasteiger partial charge on any atom is -0.351 e. The van der Waals surface area contributed by atoms with E-state index in [0.717, 1.165) is 24.1 Å². The summed E-state index contributed by atoms with van der Waals surface area (Å²) in [6.45, 7) is 8.86. The molecule has 2 unspecified atom stereocenters. The summed E-state index contributed by atoms with van der Waals surface area (Å²) in [4.78, 5) is 11.1. The molecule has 0 radical (unpaired) electrons. The summed E-state index contributed by atoms with van der Waals surface area (Å²) >= 11 is 0. The van der Waals surface area contributed by atoms with Gasteiger partial charge in [0.05, 0.1) is 19.3 Å². The number of unbranched alkanes of at least 4 members (excludes halogenated alkanes) is 8. The number of allylic oxidation sites excluding steroid dienone is 2.